The van der Waals surface area contributed by atoms with E-state index >= 15 is 0 Å². The number of oxazole rings is 1. The number of methoxy groups -OCH3 is 3. The maximum absolute atomic E-state index is 12.6. The van der Waals surface area contributed by atoms with Gasteiger partial charge in [-0.2, -0.15) is 18.4 Å². The normalized spacial score (nSPS) is 10.6. The van der Waals surface area contributed by atoms with Gasteiger partial charge in [-0.25, -0.2) is 24.9 Å². The van der Waals surface area contributed by atoms with Gasteiger partial charge in [0.15, 0.2) is 23.0 Å². The second-order valence-corrected chi connectivity index (χ2v) is 28.1. The molecule has 8 aromatic carbocycles. The van der Waals surface area contributed by atoms with Gasteiger partial charge >= 0.3 is 6.18 Å². The molecule has 1 amide bonds. The van der Waals surface area contributed by atoms with E-state index < -0.39 is 11.7 Å². The molecule has 14 aromatic rings. The zero-order valence-electron chi connectivity index (χ0n) is 69.6. The highest BCUT2D eigenvalue weighted by Gasteiger charge is 2.30. The van der Waals surface area contributed by atoms with Crippen molar-refractivity contribution in [2.45, 2.75) is 96.0 Å². The van der Waals surface area contributed by atoms with Crippen molar-refractivity contribution >= 4 is 120 Å². The third-order valence-corrected chi connectivity index (χ3v) is 18.6. The second kappa shape index (κ2) is 53.5. The lowest BCUT2D eigenvalue weighted by molar-refractivity contribution is -0.137. The summed E-state index contributed by atoms with van der Waals surface area (Å²) in [6, 6.07) is 53.4. The molecule has 14 rings (SSSR count). The molecule has 0 bridgehead atoms. The summed E-state index contributed by atoms with van der Waals surface area (Å²) in [4.78, 5) is 42.1. The van der Waals surface area contributed by atoms with Crippen LogP contribution in [0.3, 0.4) is 0 Å². The lowest BCUT2D eigenvalue weighted by Gasteiger charge is -2.15. The summed E-state index contributed by atoms with van der Waals surface area (Å²) in [5, 5.41) is 32.6. The van der Waals surface area contributed by atoms with Gasteiger partial charge in [0.25, 0.3) is 0 Å². The van der Waals surface area contributed by atoms with E-state index in [1.807, 2.05) is 196 Å². The fraction of sp³-hybridized carbons (Fsp3) is 0.255. The fourth-order valence-electron chi connectivity index (χ4n) is 12.1. The Morgan fingerprint density at radius 3 is 1.88 bits per heavy atom. The second-order valence-electron chi connectivity index (χ2n) is 27.2. The number of carbonyl (C=O) groups is 1. The molecule has 6 heterocycles. The summed E-state index contributed by atoms with van der Waals surface area (Å²) >= 11 is 3.47. The van der Waals surface area contributed by atoms with Gasteiger partial charge in [-0.3, -0.25) is 19.4 Å². The van der Waals surface area contributed by atoms with Crippen molar-refractivity contribution in [3.05, 3.63) is 280 Å². The average molecular weight is 1840 g/mol. The van der Waals surface area contributed by atoms with E-state index in [9.17, 15) is 23.2 Å². The Kier molecular flexibility index (Phi) is 43.0. The molecule has 0 atom stereocenters. The van der Waals surface area contributed by atoms with Gasteiger partial charge in [0, 0.05) is 114 Å². The first kappa shape index (κ1) is 104. The first-order valence-electron chi connectivity index (χ1n) is 39.4. The number of amides is 1. The van der Waals surface area contributed by atoms with Gasteiger partial charge in [0.05, 0.1) is 72.2 Å². The van der Waals surface area contributed by atoms with Crippen molar-refractivity contribution in [2.24, 2.45) is 0 Å². The number of benzene rings is 8. The van der Waals surface area contributed by atoms with Crippen LogP contribution in [-0.2, 0) is 44.8 Å². The Labute approximate surface area is 765 Å². The van der Waals surface area contributed by atoms with Crippen LogP contribution in [0.2, 0.25) is 0 Å². The number of alkyl halides is 3. The average Bonchev–Trinajstić information content (AvgIpc) is 1.15. The van der Waals surface area contributed by atoms with E-state index in [-0.39, 0.29) is 61.2 Å². The van der Waals surface area contributed by atoms with E-state index in [0.29, 0.717) is 115 Å². The van der Waals surface area contributed by atoms with Crippen LogP contribution >= 0.6 is 28.3 Å². The number of halogens is 5. The monoisotopic (exact) mass is 1840 g/mol. The molecule has 0 radical (unpaired) electrons. The molecule has 26 nitrogen and oxygen atoms in total. The number of nitrogens with one attached hydrogen (secondary N) is 4. The smallest absolute Gasteiger partial charge is 0.416 e. The number of ether oxygens (including phenoxy) is 9. The molecule has 0 saturated heterocycles. The molecular weight excluding hydrogens is 1740 g/mol. The quantitative estimate of drug-likeness (QED) is 0.0212. The summed E-state index contributed by atoms with van der Waals surface area (Å²) in [5.41, 5.74) is 11.5. The molecule has 4 N–H and O–H groups in total. The Bertz CT molecular complexity index is 5980. The van der Waals surface area contributed by atoms with Crippen LogP contribution < -0.4 is 49.7 Å². The van der Waals surface area contributed by atoms with Gasteiger partial charge in [0.2, 0.25) is 11.8 Å². The third kappa shape index (κ3) is 31.8. The number of nitrogens with zero attached hydrogens (tertiary/aromatic N) is 11. The molecule has 676 valence electrons. The zero-order valence-corrected chi connectivity index (χ0v) is 72.0. The maximum Gasteiger partial charge on any atom is 0.416 e. The number of hydrogen-bond acceptors (Lipinski definition) is 24. The van der Waals surface area contributed by atoms with Crippen LogP contribution in [0.5, 0.6) is 40.2 Å². The van der Waals surface area contributed by atoms with Crippen LogP contribution in [0.1, 0.15) is 113 Å². The minimum Gasteiger partial charge on any atom is -0.490 e. The number of aryl methyl sites for hydroxylation is 4. The van der Waals surface area contributed by atoms with Gasteiger partial charge in [-0.05, 0) is 191 Å². The van der Waals surface area contributed by atoms with Crippen molar-refractivity contribution in [3.8, 4) is 58.7 Å². The highest BCUT2D eigenvalue weighted by Crippen LogP contribution is 2.40. The molecule has 0 spiro atoms. The summed E-state index contributed by atoms with van der Waals surface area (Å²) in [5.74, 6) is 8.81. The molecular formula is C98H108BrClF3N15O11. The number of unbranched alkanes of at least 4 members (excludes halogenated alkanes) is 1. The number of terminal acetylenes is 1. The maximum atomic E-state index is 12.6. The Morgan fingerprint density at radius 1 is 0.605 bits per heavy atom. The Balaban J connectivity index is 0.000000263. The standard InChI is InChI=1S/C27H27N5O3.C25H23F3N4O2.C22H23N3O4.C20H18BrN3O2.4CH4.ClH/c1-18-13-21(8-11-25(18)35-22-9-6-19(2)29-15-22)32-27-23-14-20(7-10-24(23)30-17-31-27)5-4-12-28-26(33)16-34-3;26-25(27,28)21-9-4-20(5-10-21)8-13-24-30-22(18-34-24)17-33-23-11-6-19(7-12-23)3-1-2-15-32-16-14-29-31-32;1-4-16-6-5-7-17(12-16)25-22-18-13-20(28-10-8-26-2)21(29-11-9-27-3)14-19(18)23-15-24-22;1-3-25-18-9-16-17(10-19(18)26-4-2)23-12-13(11-22)20(16)24-15-7-5-6-14(21)8-15;;;;;/h4-11,13-15,17H,12,16H2,1-3H3,(H,28,33)(H,30,31,32);4-14,16,18H,1-3,15,17H2;1,5-7,12-15H,8-11H2,2-3H3,(H,23,24,25);5-10,12H,3-4H2,1-2H3,(H,23,24);4*1H4;1H/b5-4+;13-8+;;;;;;;. The van der Waals surface area contributed by atoms with Crippen molar-refractivity contribution < 1.29 is 65.0 Å². The summed E-state index contributed by atoms with van der Waals surface area (Å²) < 4.78 is 95.8. The lowest BCUT2D eigenvalue weighted by atomic mass is 10.1. The van der Waals surface area contributed by atoms with Crippen LogP contribution in [0.4, 0.5) is 47.6 Å². The molecule has 31 heteroatoms. The molecule has 0 saturated carbocycles. The highest BCUT2D eigenvalue weighted by atomic mass is 79.9. The topological polar surface area (TPSA) is 306 Å². The Hall–Kier alpha value is -14.0. The molecule has 6 aromatic heterocycles. The van der Waals surface area contributed by atoms with E-state index in [4.69, 9.17) is 53.5 Å². The van der Waals surface area contributed by atoms with Crippen LogP contribution in [0.25, 0.3) is 50.9 Å². The molecule has 0 unspecified atom stereocenters. The molecule has 129 heavy (non-hydrogen) atoms. The zero-order chi connectivity index (χ0) is 87.4. The SMILES string of the molecule is C.C.C.C.C#Cc1cccc(Nc2ncnc3cc(OCCOC)c(OCCOC)cc23)c1.CCOc1cc2ncc(C#N)c(Nc3cccc(Br)c3)c2cc1OCC.COCC(=O)NC/C=C/c1ccc2ncnc(Nc3ccc(Oc4ccc(C)nc4)c(C)c3)c2c1.Cl.FC(F)(F)c1ccc(/C=C/c2nc(COc3ccc(CCCCn4ccnn4)cc3)co2)cc1. The number of aromatic nitrogens is 10. The number of hydrogen-bond donors (Lipinski definition) is 4. The van der Waals surface area contributed by atoms with Crippen molar-refractivity contribution in [2.75, 3.05) is 90.1 Å². The summed E-state index contributed by atoms with van der Waals surface area (Å²) in [6.45, 7) is 12.1. The van der Waals surface area contributed by atoms with Crippen molar-refractivity contribution in [1.82, 2.24) is 55.2 Å². The van der Waals surface area contributed by atoms with Gasteiger partial charge in [0.1, 0.15) is 86.0 Å². The van der Waals surface area contributed by atoms with E-state index in [1.54, 1.807) is 51.3 Å². The number of rotatable bonds is 35. The molecule has 0 aliphatic heterocycles. The predicted molar refractivity (Wildman–Crippen MR) is 510 cm³/mol. The third-order valence-electron chi connectivity index (χ3n) is 18.2. The van der Waals surface area contributed by atoms with E-state index in [2.05, 4.69) is 94.4 Å². The minimum absolute atomic E-state index is 0. The highest BCUT2D eigenvalue weighted by molar-refractivity contribution is 9.10. The van der Waals surface area contributed by atoms with Gasteiger partial charge < -0.3 is 68.3 Å². The van der Waals surface area contributed by atoms with Gasteiger partial charge in [-0.1, -0.05) is 111 Å². The van der Waals surface area contributed by atoms with Crippen molar-refractivity contribution in [1.29, 1.82) is 5.26 Å². The molecule has 0 aliphatic rings. The Morgan fingerprint density at radius 2 is 1.24 bits per heavy atom. The van der Waals surface area contributed by atoms with E-state index in [1.165, 1.54) is 37.4 Å². The number of nitriles is 1. The number of pyridine rings is 2. The number of fused-ring (bicyclic) bond motifs is 3. The van der Waals surface area contributed by atoms with Crippen LogP contribution in [0.15, 0.2) is 229 Å². The summed E-state index contributed by atoms with van der Waals surface area (Å²) in [6.07, 6.45) is 22.6. The number of anilines is 6. The van der Waals surface area contributed by atoms with Crippen LogP contribution in [0, 0.1) is 37.5 Å². The largest absolute Gasteiger partial charge is 0.490 e. The summed E-state index contributed by atoms with van der Waals surface area (Å²) in [7, 11) is 4.74. The molecule has 0 aliphatic carbocycles. The molecule has 0 fully saturated rings. The van der Waals surface area contributed by atoms with Gasteiger partial charge in [-0.15, -0.1) is 23.9 Å². The first-order chi connectivity index (χ1) is 60.4. The number of carbonyl (C=O) groups excluding carboxylic acids is 1. The van der Waals surface area contributed by atoms with Crippen molar-refractivity contribution in [3.63, 3.8) is 0 Å². The van der Waals surface area contributed by atoms with Crippen LogP contribution in [-0.4, -0.2) is 130 Å². The lowest BCUT2D eigenvalue weighted by Crippen LogP contribution is -2.26. The predicted octanol–water partition coefficient (Wildman–Crippen LogP) is 22.8. The first-order valence-corrected chi connectivity index (χ1v) is 40.2. The fourth-order valence-corrected chi connectivity index (χ4v) is 12.5. The minimum atomic E-state index is -4.35. The van der Waals surface area contributed by atoms with E-state index in [0.717, 1.165) is 126 Å².